The van der Waals surface area contributed by atoms with Crippen molar-refractivity contribution in [2.45, 2.75) is 31.3 Å². The molecule has 0 aromatic heterocycles. The lowest BCUT2D eigenvalue weighted by Gasteiger charge is -2.40. The van der Waals surface area contributed by atoms with E-state index in [-0.39, 0.29) is 12.5 Å². The quantitative estimate of drug-likeness (QED) is 0.468. The molecule has 0 radical (unpaired) electrons. The maximum Gasteiger partial charge on any atom is 0.404 e. The smallest absolute Gasteiger partial charge is 0.404 e. The molecule has 162 valence electrons. The Morgan fingerprint density at radius 3 is 2.83 bits per heavy atom. The second-order valence-electron chi connectivity index (χ2n) is 7.70. The van der Waals surface area contributed by atoms with Gasteiger partial charge in [0.15, 0.2) is 0 Å². The molecule has 4 N–H and O–H groups in total. The molecule has 1 heterocycles. The van der Waals surface area contributed by atoms with Crippen LogP contribution in [-0.4, -0.2) is 43.1 Å². The minimum Gasteiger partial charge on any atom is -0.497 e. The average Bonchev–Trinajstić information content (AvgIpc) is 2.77. The normalized spacial score (nSPS) is 18.4. The number of nitrogens with one attached hydrogen (secondary N) is 2. The summed E-state index contributed by atoms with van der Waals surface area (Å²) >= 11 is 6.65. The Labute approximate surface area is 182 Å². The van der Waals surface area contributed by atoms with Gasteiger partial charge in [0, 0.05) is 29.6 Å². The number of piperidine rings is 1. The SMILES string of the molecule is COc1cccc(-c2c(Cl)cccc2C(O)(CCCNC(=O)O)C2CCCNC2)c1. The predicted molar refractivity (Wildman–Crippen MR) is 118 cm³/mol. The fourth-order valence-electron chi connectivity index (χ4n) is 4.33. The molecule has 1 fully saturated rings. The van der Waals surface area contributed by atoms with Crippen LogP contribution in [0.2, 0.25) is 5.02 Å². The number of carboxylic acid groups (broad SMARTS) is 1. The van der Waals surface area contributed by atoms with Crippen molar-refractivity contribution in [1.82, 2.24) is 10.6 Å². The van der Waals surface area contributed by atoms with Gasteiger partial charge in [-0.3, -0.25) is 0 Å². The van der Waals surface area contributed by atoms with Crippen LogP contribution in [-0.2, 0) is 5.60 Å². The number of amides is 1. The number of methoxy groups -OCH3 is 1. The first-order valence-electron chi connectivity index (χ1n) is 10.3. The Morgan fingerprint density at radius 1 is 1.33 bits per heavy atom. The largest absolute Gasteiger partial charge is 0.497 e. The Balaban J connectivity index is 2.04. The first-order valence-corrected chi connectivity index (χ1v) is 10.7. The van der Waals surface area contributed by atoms with Gasteiger partial charge in [0.2, 0.25) is 0 Å². The van der Waals surface area contributed by atoms with E-state index >= 15 is 0 Å². The average molecular weight is 433 g/mol. The van der Waals surface area contributed by atoms with Gasteiger partial charge in [-0.25, -0.2) is 4.79 Å². The Bertz CT molecular complexity index is 870. The Hall–Kier alpha value is -2.28. The fourth-order valence-corrected chi connectivity index (χ4v) is 4.61. The van der Waals surface area contributed by atoms with Gasteiger partial charge >= 0.3 is 6.09 Å². The third-order valence-corrected chi connectivity index (χ3v) is 6.14. The van der Waals surface area contributed by atoms with E-state index in [1.165, 1.54) is 0 Å². The van der Waals surface area contributed by atoms with Crippen LogP contribution < -0.4 is 15.4 Å². The fraction of sp³-hybridized carbons (Fsp3) is 0.435. The zero-order valence-electron chi connectivity index (χ0n) is 17.2. The van der Waals surface area contributed by atoms with Crippen molar-refractivity contribution in [1.29, 1.82) is 0 Å². The number of rotatable bonds is 8. The van der Waals surface area contributed by atoms with Crippen LogP contribution in [0, 0.1) is 5.92 Å². The number of benzene rings is 2. The molecule has 0 saturated carbocycles. The standard InChI is InChI=1S/C23H29ClN2O4/c1-30-18-8-2-6-16(14-18)21-19(9-3-10-20(21)24)23(29,11-5-13-26-22(27)28)17-7-4-12-25-15-17/h2-3,6,8-10,14,17,25-26,29H,4-5,7,11-13,15H2,1H3,(H,27,28). The van der Waals surface area contributed by atoms with Gasteiger partial charge in [-0.2, -0.15) is 0 Å². The minimum atomic E-state index is -1.14. The Morgan fingerprint density at radius 2 is 2.13 bits per heavy atom. The van der Waals surface area contributed by atoms with Crippen molar-refractivity contribution in [3.8, 4) is 16.9 Å². The van der Waals surface area contributed by atoms with E-state index in [0.29, 0.717) is 30.2 Å². The van der Waals surface area contributed by atoms with Gasteiger partial charge in [-0.05, 0) is 61.6 Å². The minimum absolute atomic E-state index is 0.00102. The van der Waals surface area contributed by atoms with E-state index in [9.17, 15) is 9.90 Å². The summed E-state index contributed by atoms with van der Waals surface area (Å²) in [6.07, 6.45) is 1.76. The zero-order chi connectivity index (χ0) is 21.6. The van der Waals surface area contributed by atoms with Crippen LogP contribution >= 0.6 is 11.6 Å². The molecule has 2 atom stereocenters. The molecule has 1 aliphatic heterocycles. The summed E-state index contributed by atoms with van der Waals surface area (Å²) in [6, 6.07) is 13.3. The molecule has 1 saturated heterocycles. The molecule has 0 aliphatic carbocycles. The zero-order valence-corrected chi connectivity index (χ0v) is 17.9. The second-order valence-corrected chi connectivity index (χ2v) is 8.10. The topological polar surface area (TPSA) is 90.8 Å². The molecule has 0 bridgehead atoms. The summed E-state index contributed by atoms with van der Waals surface area (Å²) in [5.74, 6) is 0.714. The number of hydrogen-bond donors (Lipinski definition) is 4. The van der Waals surface area contributed by atoms with Crippen molar-refractivity contribution in [3.05, 3.63) is 53.1 Å². The summed E-state index contributed by atoms with van der Waals surface area (Å²) in [5, 5.41) is 27.3. The summed E-state index contributed by atoms with van der Waals surface area (Å²) in [7, 11) is 1.62. The highest BCUT2D eigenvalue weighted by Crippen LogP contribution is 2.45. The van der Waals surface area contributed by atoms with Gasteiger partial charge in [-0.15, -0.1) is 0 Å². The van der Waals surface area contributed by atoms with Crippen molar-refractivity contribution in [3.63, 3.8) is 0 Å². The van der Waals surface area contributed by atoms with Crippen LogP contribution in [0.1, 0.15) is 31.2 Å². The number of halogens is 1. The molecular formula is C23H29ClN2O4. The summed E-state index contributed by atoms with van der Waals surface area (Å²) < 4.78 is 5.38. The molecule has 30 heavy (non-hydrogen) atoms. The molecule has 6 nitrogen and oxygen atoms in total. The third-order valence-electron chi connectivity index (χ3n) is 5.82. The highest BCUT2D eigenvalue weighted by atomic mass is 35.5. The van der Waals surface area contributed by atoms with E-state index in [1.807, 2.05) is 42.5 Å². The van der Waals surface area contributed by atoms with Crippen molar-refractivity contribution in [2.75, 3.05) is 26.7 Å². The van der Waals surface area contributed by atoms with Crippen molar-refractivity contribution in [2.24, 2.45) is 5.92 Å². The van der Waals surface area contributed by atoms with E-state index in [4.69, 9.17) is 21.4 Å². The lowest BCUT2D eigenvalue weighted by Crippen LogP contribution is -2.45. The number of aliphatic hydroxyl groups is 1. The van der Waals surface area contributed by atoms with Crippen molar-refractivity contribution >= 4 is 17.7 Å². The van der Waals surface area contributed by atoms with Crippen LogP contribution in [0.5, 0.6) is 5.75 Å². The van der Waals surface area contributed by atoms with E-state index in [1.54, 1.807) is 7.11 Å². The Kier molecular flexibility index (Phi) is 7.58. The molecule has 2 aromatic carbocycles. The molecule has 0 spiro atoms. The second kappa shape index (κ2) is 10.2. The number of hydrogen-bond acceptors (Lipinski definition) is 4. The molecule has 7 heteroatoms. The van der Waals surface area contributed by atoms with Gasteiger partial charge in [0.1, 0.15) is 5.75 Å². The molecule has 1 aliphatic rings. The maximum absolute atomic E-state index is 12.1. The molecule has 1 amide bonds. The number of ether oxygens (including phenoxy) is 1. The molecule has 2 unspecified atom stereocenters. The van der Waals surface area contributed by atoms with Crippen molar-refractivity contribution < 1.29 is 19.7 Å². The van der Waals surface area contributed by atoms with Crippen LogP contribution in [0.25, 0.3) is 11.1 Å². The lowest BCUT2D eigenvalue weighted by molar-refractivity contribution is -0.0415. The van der Waals surface area contributed by atoms with Crippen LogP contribution in [0.3, 0.4) is 0 Å². The first-order chi connectivity index (χ1) is 14.5. The molecule has 3 rings (SSSR count). The van der Waals surface area contributed by atoms with Gasteiger partial charge in [-0.1, -0.05) is 35.9 Å². The molecule has 2 aromatic rings. The van der Waals surface area contributed by atoms with Crippen LogP contribution in [0.15, 0.2) is 42.5 Å². The van der Waals surface area contributed by atoms with Crippen LogP contribution in [0.4, 0.5) is 4.79 Å². The third kappa shape index (κ3) is 5.06. The lowest BCUT2D eigenvalue weighted by atomic mass is 9.72. The predicted octanol–water partition coefficient (Wildman–Crippen LogP) is 4.25. The van der Waals surface area contributed by atoms with Gasteiger partial charge in [0.05, 0.1) is 12.7 Å². The highest BCUT2D eigenvalue weighted by molar-refractivity contribution is 6.33. The number of carbonyl (C=O) groups is 1. The van der Waals surface area contributed by atoms with Gasteiger partial charge in [0.25, 0.3) is 0 Å². The van der Waals surface area contributed by atoms with Gasteiger partial charge < -0.3 is 25.6 Å². The van der Waals surface area contributed by atoms with E-state index in [2.05, 4.69) is 10.6 Å². The first kappa shape index (κ1) is 22.4. The highest BCUT2D eigenvalue weighted by Gasteiger charge is 2.40. The summed E-state index contributed by atoms with van der Waals surface area (Å²) in [5.41, 5.74) is 1.29. The van der Waals surface area contributed by atoms with E-state index < -0.39 is 11.7 Å². The monoisotopic (exact) mass is 432 g/mol. The maximum atomic E-state index is 12.1. The molecular weight excluding hydrogens is 404 g/mol. The summed E-state index contributed by atoms with van der Waals surface area (Å²) in [6.45, 7) is 1.92. The van der Waals surface area contributed by atoms with E-state index in [0.717, 1.165) is 36.1 Å². The summed E-state index contributed by atoms with van der Waals surface area (Å²) in [4.78, 5) is 10.8.